The lowest BCUT2D eigenvalue weighted by molar-refractivity contribution is 0.0934. The maximum Gasteiger partial charge on any atom is 0.255 e. The molecule has 1 saturated carbocycles. The minimum absolute atomic E-state index is 0.127. The zero-order valence-corrected chi connectivity index (χ0v) is 13.1. The average Bonchev–Trinajstić information content (AvgIpc) is 2.92. The topological polar surface area (TPSA) is 58.6 Å². The van der Waals surface area contributed by atoms with Crippen molar-refractivity contribution in [3.05, 3.63) is 28.2 Å². The zero-order chi connectivity index (χ0) is 14.5. The van der Waals surface area contributed by atoms with Gasteiger partial charge in [0.2, 0.25) is 0 Å². The highest BCUT2D eigenvalue weighted by atomic mass is 79.9. The van der Waals surface area contributed by atoms with E-state index in [9.17, 15) is 9.90 Å². The van der Waals surface area contributed by atoms with Crippen molar-refractivity contribution in [3.8, 4) is 5.75 Å². The molecule has 1 aliphatic rings. The molecule has 2 rings (SSSR count). The number of carbonyl (C=O) groups is 1. The van der Waals surface area contributed by atoms with Gasteiger partial charge in [-0.2, -0.15) is 0 Å². The first-order chi connectivity index (χ1) is 9.65. The first-order valence-corrected chi connectivity index (χ1v) is 7.67. The maximum atomic E-state index is 12.2. The number of methoxy groups -OCH3 is 1. The lowest BCUT2D eigenvalue weighted by Gasteiger charge is -2.18. The molecule has 2 unspecified atom stereocenters. The Labute approximate surface area is 127 Å². The normalized spacial score (nSPS) is 21.8. The summed E-state index contributed by atoms with van der Waals surface area (Å²) in [4.78, 5) is 12.2. The lowest BCUT2D eigenvalue weighted by Crippen LogP contribution is -2.31. The van der Waals surface area contributed by atoms with Crippen LogP contribution in [0.5, 0.6) is 5.75 Å². The van der Waals surface area contributed by atoms with Crippen molar-refractivity contribution in [3.63, 3.8) is 0 Å². The van der Waals surface area contributed by atoms with Crippen LogP contribution in [0.3, 0.4) is 0 Å². The Balaban J connectivity index is 1.98. The molecule has 20 heavy (non-hydrogen) atoms. The Morgan fingerprint density at radius 2 is 2.20 bits per heavy atom. The van der Waals surface area contributed by atoms with Gasteiger partial charge in [-0.15, -0.1) is 0 Å². The van der Waals surface area contributed by atoms with Gasteiger partial charge in [0, 0.05) is 17.6 Å². The quantitative estimate of drug-likeness (QED) is 0.865. The van der Waals surface area contributed by atoms with E-state index < -0.39 is 0 Å². The molecule has 1 aliphatic carbocycles. The number of amides is 1. The Morgan fingerprint density at radius 3 is 2.90 bits per heavy atom. The van der Waals surface area contributed by atoms with Gasteiger partial charge in [0.05, 0.1) is 12.7 Å². The maximum absolute atomic E-state index is 12.2. The van der Waals surface area contributed by atoms with Gasteiger partial charge in [0.15, 0.2) is 0 Å². The number of ether oxygens (including phenoxy) is 1. The van der Waals surface area contributed by atoms with E-state index in [4.69, 9.17) is 4.74 Å². The van der Waals surface area contributed by atoms with Crippen LogP contribution in [0.2, 0.25) is 0 Å². The van der Waals surface area contributed by atoms with Gasteiger partial charge in [-0.1, -0.05) is 22.4 Å². The smallest absolute Gasteiger partial charge is 0.255 e. The number of hydrogen-bond acceptors (Lipinski definition) is 3. The van der Waals surface area contributed by atoms with E-state index in [2.05, 4.69) is 21.2 Å². The molecule has 4 nitrogen and oxygen atoms in total. The lowest BCUT2D eigenvalue weighted by atomic mass is 9.97. The first-order valence-electron chi connectivity index (χ1n) is 6.88. The Bertz CT molecular complexity index is 478. The van der Waals surface area contributed by atoms with Crippen LogP contribution in [0.15, 0.2) is 22.7 Å². The summed E-state index contributed by atoms with van der Waals surface area (Å²) in [6.45, 7) is 0.825. The number of carbonyl (C=O) groups excluding carboxylic acids is 1. The molecular formula is C15H20BrNO3. The van der Waals surface area contributed by atoms with Crippen molar-refractivity contribution in [2.45, 2.75) is 19.3 Å². The van der Waals surface area contributed by atoms with Crippen molar-refractivity contribution in [1.82, 2.24) is 5.32 Å². The molecular weight excluding hydrogens is 322 g/mol. The summed E-state index contributed by atoms with van der Waals surface area (Å²) in [5.41, 5.74) is 0.536. The zero-order valence-electron chi connectivity index (χ0n) is 11.6. The highest BCUT2D eigenvalue weighted by Crippen LogP contribution is 2.31. The fourth-order valence-corrected chi connectivity index (χ4v) is 3.13. The molecule has 5 heteroatoms. The number of benzene rings is 1. The summed E-state index contributed by atoms with van der Waals surface area (Å²) < 4.78 is 6.11. The van der Waals surface area contributed by atoms with Crippen molar-refractivity contribution in [2.24, 2.45) is 11.8 Å². The van der Waals surface area contributed by atoms with E-state index in [1.54, 1.807) is 19.2 Å². The van der Waals surface area contributed by atoms with Gasteiger partial charge < -0.3 is 15.2 Å². The summed E-state index contributed by atoms with van der Waals surface area (Å²) in [5, 5.41) is 12.2. The summed E-state index contributed by atoms with van der Waals surface area (Å²) >= 11 is 3.36. The summed E-state index contributed by atoms with van der Waals surface area (Å²) in [5.74, 6) is 1.13. The number of halogens is 1. The number of hydrogen-bond donors (Lipinski definition) is 2. The van der Waals surface area contributed by atoms with Gasteiger partial charge in [-0.05, 0) is 42.9 Å². The highest BCUT2D eigenvalue weighted by molar-refractivity contribution is 9.10. The van der Waals surface area contributed by atoms with Crippen LogP contribution in [-0.4, -0.2) is 31.3 Å². The number of nitrogens with one attached hydrogen (secondary N) is 1. The molecule has 1 aromatic rings. The predicted octanol–water partition coefficient (Wildman–Crippen LogP) is 2.60. The largest absolute Gasteiger partial charge is 0.496 e. The van der Waals surface area contributed by atoms with E-state index in [0.29, 0.717) is 29.7 Å². The fourth-order valence-electron chi connectivity index (χ4n) is 2.79. The first kappa shape index (κ1) is 15.3. The van der Waals surface area contributed by atoms with Crippen LogP contribution in [0.4, 0.5) is 0 Å². The minimum atomic E-state index is -0.127. The number of aliphatic hydroxyl groups excluding tert-OH is 1. The molecule has 2 atom stereocenters. The van der Waals surface area contributed by atoms with Crippen molar-refractivity contribution in [1.29, 1.82) is 0 Å². The highest BCUT2D eigenvalue weighted by Gasteiger charge is 2.27. The molecule has 1 fully saturated rings. The van der Waals surface area contributed by atoms with Gasteiger partial charge in [0.1, 0.15) is 5.75 Å². The third-order valence-electron chi connectivity index (χ3n) is 3.98. The van der Waals surface area contributed by atoms with Crippen molar-refractivity contribution >= 4 is 21.8 Å². The van der Waals surface area contributed by atoms with E-state index in [-0.39, 0.29) is 12.5 Å². The Morgan fingerprint density at radius 1 is 1.45 bits per heavy atom. The second-order valence-corrected chi connectivity index (χ2v) is 6.10. The molecule has 110 valence electrons. The molecule has 0 radical (unpaired) electrons. The molecule has 0 spiro atoms. The third-order valence-corrected chi connectivity index (χ3v) is 4.48. The molecule has 2 N–H and O–H groups in total. The van der Waals surface area contributed by atoms with Crippen LogP contribution in [0, 0.1) is 11.8 Å². The molecule has 0 aromatic heterocycles. The molecule has 0 aliphatic heterocycles. The molecule has 0 saturated heterocycles. The third kappa shape index (κ3) is 3.52. The summed E-state index contributed by atoms with van der Waals surface area (Å²) in [7, 11) is 1.55. The van der Waals surface area contributed by atoms with Gasteiger partial charge in [-0.3, -0.25) is 4.79 Å². The summed E-state index contributed by atoms with van der Waals surface area (Å²) in [6.07, 6.45) is 3.26. The van der Waals surface area contributed by atoms with E-state index >= 15 is 0 Å². The molecule has 0 heterocycles. The van der Waals surface area contributed by atoms with Crippen LogP contribution >= 0.6 is 15.9 Å². The van der Waals surface area contributed by atoms with Crippen molar-refractivity contribution < 1.29 is 14.6 Å². The van der Waals surface area contributed by atoms with E-state index in [1.807, 2.05) is 6.07 Å². The van der Waals surface area contributed by atoms with E-state index in [1.165, 1.54) is 0 Å². The van der Waals surface area contributed by atoms with Gasteiger partial charge in [0.25, 0.3) is 5.91 Å². The second kappa shape index (κ2) is 7.09. The monoisotopic (exact) mass is 341 g/mol. The van der Waals surface area contributed by atoms with Crippen LogP contribution in [0.1, 0.15) is 29.6 Å². The van der Waals surface area contributed by atoms with Crippen LogP contribution < -0.4 is 10.1 Å². The number of aliphatic hydroxyl groups is 1. The standard InChI is InChI=1S/C15H20BrNO3/c1-20-14-7-12(16)5-6-13(14)15(19)17-8-10-3-2-4-11(10)9-18/h5-7,10-11,18H,2-4,8-9H2,1H3,(H,17,19). The minimum Gasteiger partial charge on any atom is -0.496 e. The summed E-state index contributed by atoms with van der Waals surface area (Å²) in [6, 6.07) is 5.35. The second-order valence-electron chi connectivity index (χ2n) is 5.19. The van der Waals surface area contributed by atoms with Crippen LogP contribution in [-0.2, 0) is 0 Å². The van der Waals surface area contributed by atoms with E-state index in [0.717, 1.165) is 23.7 Å². The Kier molecular flexibility index (Phi) is 5.43. The van der Waals surface area contributed by atoms with Crippen molar-refractivity contribution in [2.75, 3.05) is 20.3 Å². The molecule has 1 amide bonds. The molecule has 1 aromatic carbocycles. The van der Waals surface area contributed by atoms with Gasteiger partial charge >= 0.3 is 0 Å². The number of rotatable bonds is 5. The van der Waals surface area contributed by atoms with Gasteiger partial charge in [-0.25, -0.2) is 0 Å². The average molecular weight is 342 g/mol. The fraction of sp³-hybridized carbons (Fsp3) is 0.533. The SMILES string of the molecule is COc1cc(Br)ccc1C(=O)NCC1CCCC1CO. The molecule has 0 bridgehead atoms. The Hall–Kier alpha value is -1.07. The van der Waals surface area contributed by atoms with Crippen LogP contribution in [0.25, 0.3) is 0 Å². The predicted molar refractivity (Wildman–Crippen MR) is 80.9 cm³/mol.